The van der Waals surface area contributed by atoms with Gasteiger partial charge in [-0.1, -0.05) is 6.92 Å². The number of rotatable bonds is 2. The minimum Gasteiger partial charge on any atom is -0.338 e. The van der Waals surface area contributed by atoms with E-state index in [1.807, 2.05) is 13.0 Å². The van der Waals surface area contributed by atoms with Gasteiger partial charge in [0.15, 0.2) is 0 Å². The van der Waals surface area contributed by atoms with Gasteiger partial charge in [-0.3, -0.25) is 9.59 Å². The Balaban J connectivity index is 0.00000200. The molecule has 0 spiro atoms. The Morgan fingerprint density at radius 3 is 2.65 bits per heavy atom. The third-order valence-corrected chi connectivity index (χ3v) is 3.92. The number of hydrogen-bond donors (Lipinski definition) is 2. The molecule has 0 aromatic carbocycles. The minimum absolute atomic E-state index is 0. The van der Waals surface area contributed by atoms with Crippen LogP contribution in [0.2, 0.25) is 0 Å². The van der Waals surface area contributed by atoms with Crippen LogP contribution in [-0.4, -0.2) is 35.4 Å². The van der Waals surface area contributed by atoms with Crippen molar-refractivity contribution in [2.45, 2.75) is 27.2 Å². The van der Waals surface area contributed by atoms with Gasteiger partial charge in [0.05, 0.1) is 0 Å². The van der Waals surface area contributed by atoms with Crippen molar-refractivity contribution in [2.75, 3.05) is 19.6 Å². The highest BCUT2D eigenvalue weighted by Gasteiger charge is 2.36. The van der Waals surface area contributed by atoms with Crippen LogP contribution in [0.25, 0.3) is 0 Å². The summed E-state index contributed by atoms with van der Waals surface area (Å²) in [7, 11) is 0. The normalized spacial score (nSPS) is 21.7. The zero-order chi connectivity index (χ0) is 14.2. The number of aromatic amines is 1. The molecule has 1 unspecified atom stereocenters. The lowest BCUT2D eigenvalue weighted by atomic mass is 9.90. The Kier molecular flexibility index (Phi) is 5.00. The topological polar surface area (TPSA) is 79.2 Å². The van der Waals surface area contributed by atoms with E-state index in [9.17, 15) is 9.59 Å². The van der Waals surface area contributed by atoms with Crippen molar-refractivity contribution in [2.24, 2.45) is 11.1 Å². The van der Waals surface area contributed by atoms with Gasteiger partial charge in [0.25, 0.3) is 11.5 Å². The molecular weight excluding hydrogens is 278 g/mol. The number of likely N-dealkylation sites (tertiary alicyclic amines) is 1. The smallest absolute Gasteiger partial charge is 0.261 e. The molecule has 2 rings (SSSR count). The van der Waals surface area contributed by atoms with Crippen LogP contribution in [-0.2, 0) is 0 Å². The van der Waals surface area contributed by atoms with E-state index in [4.69, 9.17) is 5.73 Å². The van der Waals surface area contributed by atoms with E-state index in [1.165, 1.54) is 0 Å². The predicted molar refractivity (Wildman–Crippen MR) is 81.5 cm³/mol. The Morgan fingerprint density at radius 1 is 1.50 bits per heavy atom. The van der Waals surface area contributed by atoms with E-state index in [0.717, 1.165) is 17.7 Å². The molecule has 6 heteroatoms. The van der Waals surface area contributed by atoms with Gasteiger partial charge in [0.1, 0.15) is 5.56 Å². The van der Waals surface area contributed by atoms with Gasteiger partial charge in [-0.15, -0.1) is 12.4 Å². The zero-order valence-corrected chi connectivity index (χ0v) is 13.0. The third-order valence-electron chi connectivity index (χ3n) is 3.92. The van der Waals surface area contributed by atoms with Crippen LogP contribution in [0.4, 0.5) is 0 Å². The lowest BCUT2D eigenvalue weighted by Gasteiger charge is -2.22. The second kappa shape index (κ2) is 5.97. The van der Waals surface area contributed by atoms with Crippen molar-refractivity contribution in [1.82, 2.24) is 9.88 Å². The first-order valence-corrected chi connectivity index (χ1v) is 6.56. The monoisotopic (exact) mass is 299 g/mol. The fourth-order valence-electron chi connectivity index (χ4n) is 2.64. The number of nitrogens with zero attached hydrogens (tertiary/aromatic N) is 1. The lowest BCUT2D eigenvalue weighted by Crippen LogP contribution is -2.37. The van der Waals surface area contributed by atoms with Crippen molar-refractivity contribution in [3.05, 3.63) is 33.2 Å². The maximum absolute atomic E-state index is 12.5. The minimum atomic E-state index is -0.302. The highest BCUT2D eigenvalue weighted by Crippen LogP contribution is 2.29. The number of aryl methyl sites for hydroxylation is 2. The SMILES string of the molecule is Cc1cc(C)c(C(=O)N2CCC(C)(CN)C2)c(=O)[nH]1.Cl. The molecule has 1 fully saturated rings. The van der Waals surface area contributed by atoms with E-state index in [-0.39, 0.29) is 34.9 Å². The molecule has 20 heavy (non-hydrogen) atoms. The van der Waals surface area contributed by atoms with Crippen molar-refractivity contribution >= 4 is 18.3 Å². The molecule has 2 heterocycles. The molecule has 0 aliphatic carbocycles. The van der Waals surface area contributed by atoms with E-state index >= 15 is 0 Å². The van der Waals surface area contributed by atoms with Crippen molar-refractivity contribution in [3.8, 4) is 0 Å². The standard InChI is InChI=1S/C14H21N3O2.ClH/c1-9-6-10(2)16-12(18)11(9)13(19)17-5-4-14(3,7-15)8-17;/h6H,4-5,7-8,15H2,1-3H3,(H,16,18);1H. The van der Waals surface area contributed by atoms with Gasteiger partial charge in [0, 0.05) is 18.8 Å². The number of nitrogens with one attached hydrogen (secondary N) is 1. The Labute approximate surface area is 125 Å². The van der Waals surface area contributed by atoms with Crippen LogP contribution in [0.3, 0.4) is 0 Å². The van der Waals surface area contributed by atoms with Crippen molar-refractivity contribution in [3.63, 3.8) is 0 Å². The Morgan fingerprint density at radius 2 is 2.15 bits per heavy atom. The Hall–Kier alpha value is -1.33. The quantitative estimate of drug-likeness (QED) is 0.862. The van der Waals surface area contributed by atoms with Crippen LogP contribution in [0.5, 0.6) is 0 Å². The molecular formula is C14H22ClN3O2. The summed E-state index contributed by atoms with van der Waals surface area (Å²) < 4.78 is 0. The lowest BCUT2D eigenvalue weighted by molar-refractivity contribution is 0.0774. The number of hydrogen-bond acceptors (Lipinski definition) is 3. The molecule has 1 aliphatic rings. The molecule has 0 saturated carbocycles. The number of carbonyl (C=O) groups excluding carboxylic acids is 1. The molecule has 1 amide bonds. The van der Waals surface area contributed by atoms with Crippen LogP contribution >= 0.6 is 12.4 Å². The van der Waals surface area contributed by atoms with Gasteiger partial charge >= 0.3 is 0 Å². The number of carbonyl (C=O) groups is 1. The summed E-state index contributed by atoms with van der Waals surface area (Å²) in [6.07, 6.45) is 0.887. The molecule has 5 nitrogen and oxygen atoms in total. The van der Waals surface area contributed by atoms with Crippen LogP contribution < -0.4 is 11.3 Å². The maximum atomic E-state index is 12.5. The number of nitrogens with two attached hydrogens (primary N) is 1. The van der Waals surface area contributed by atoms with Gasteiger partial charge in [0.2, 0.25) is 0 Å². The number of amides is 1. The summed E-state index contributed by atoms with van der Waals surface area (Å²) in [6, 6.07) is 1.83. The third kappa shape index (κ3) is 3.04. The molecule has 0 radical (unpaired) electrons. The van der Waals surface area contributed by atoms with Gasteiger partial charge in [-0.05, 0) is 43.9 Å². The molecule has 1 aromatic heterocycles. The first kappa shape index (κ1) is 16.7. The maximum Gasteiger partial charge on any atom is 0.261 e. The van der Waals surface area contributed by atoms with Crippen molar-refractivity contribution in [1.29, 1.82) is 0 Å². The van der Waals surface area contributed by atoms with E-state index < -0.39 is 0 Å². The summed E-state index contributed by atoms with van der Waals surface area (Å²) >= 11 is 0. The molecule has 3 N–H and O–H groups in total. The average Bonchev–Trinajstić information content (AvgIpc) is 2.71. The summed E-state index contributed by atoms with van der Waals surface area (Å²) in [5, 5.41) is 0. The first-order valence-electron chi connectivity index (χ1n) is 6.56. The van der Waals surface area contributed by atoms with E-state index in [1.54, 1.807) is 11.8 Å². The van der Waals surface area contributed by atoms with E-state index in [2.05, 4.69) is 11.9 Å². The van der Waals surface area contributed by atoms with E-state index in [0.29, 0.717) is 19.6 Å². The van der Waals surface area contributed by atoms with Crippen LogP contribution in [0, 0.1) is 19.3 Å². The molecule has 1 saturated heterocycles. The molecule has 1 aromatic rings. The van der Waals surface area contributed by atoms with Gasteiger partial charge in [-0.2, -0.15) is 0 Å². The fraction of sp³-hybridized carbons (Fsp3) is 0.571. The second-order valence-electron chi connectivity index (χ2n) is 5.83. The summed E-state index contributed by atoms with van der Waals surface area (Å²) in [6.45, 7) is 7.53. The van der Waals surface area contributed by atoms with Crippen molar-refractivity contribution < 1.29 is 4.79 Å². The first-order chi connectivity index (χ1) is 8.86. The largest absolute Gasteiger partial charge is 0.338 e. The highest BCUT2D eigenvalue weighted by atomic mass is 35.5. The highest BCUT2D eigenvalue weighted by molar-refractivity contribution is 5.95. The fourth-order valence-corrected chi connectivity index (χ4v) is 2.64. The number of pyridine rings is 1. The number of halogens is 1. The molecule has 112 valence electrons. The molecule has 0 bridgehead atoms. The number of aromatic nitrogens is 1. The summed E-state index contributed by atoms with van der Waals surface area (Å²) in [5.74, 6) is -0.184. The number of H-pyrrole nitrogens is 1. The van der Waals surface area contributed by atoms with Crippen LogP contribution in [0.1, 0.15) is 35.0 Å². The van der Waals surface area contributed by atoms with Gasteiger partial charge < -0.3 is 15.6 Å². The second-order valence-corrected chi connectivity index (χ2v) is 5.83. The van der Waals surface area contributed by atoms with Gasteiger partial charge in [-0.25, -0.2) is 0 Å². The predicted octanol–water partition coefficient (Wildman–Crippen LogP) is 1.22. The summed E-state index contributed by atoms with van der Waals surface area (Å²) in [4.78, 5) is 28.9. The average molecular weight is 300 g/mol. The summed E-state index contributed by atoms with van der Waals surface area (Å²) in [5.41, 5.74) is 7.17. The van der Waals surface area contributed by atoms with Crippen LogP contribution in [0.15, 0.2) is 10.9 Å². The molecule has 1 aliphatic heterocycles. The Bertz CT molecular complexity index is 570. The molecule has 1 atom stereocenters. The zero-order valence-electron chi connectivity index (χ0n) is 12.2.